The van der Waals surface area contributed by atoms with Gasteiger partial charge in [0.2, 0.25) is 0 Å². The number of hydrogen-bond donors (Lipinski definition) is 1. The van der Waals surface area contributed by atoms with E-state index in [-0.39, 0.29) is 6.61 Å². The van der Waals surface area contributed by atoms with E-state index in [1.807, 2.05) is 43.5 Å². The molecule has 0 atom stereocenters. The normalized spacial score (nSPS) is 10.5. The van der Waals surface area contributed by atoms with Gasteiger partial charge >= 0.3 is 0 Å². The third kappa shape index (κ3) is 2.82. The van der Waals surface area contributed by atoms with Gasteiger partial charge in [0.1, 0.15) is 5.82 Å². The lowest BCUT2D eigenvalue weighted by Gasteiger charge is -2.17. The van der Waals surface area contributed by atoms with Crippen molar-refractivity contribution >= 4 is 5.82 Å². The molecule has 0 saturated heterocycles. The lowest BCUT2D eigenvalue weighted by atomic mass is 10.3. The molecule has 90 valence electrons. The molecule has 5 nitrogen and oxygen atoms in total. The second-order valence-electron chi connectivity index (χ2n) is 4.06. The smallest absolute Gasteiger partial charge is 0.128 e. The number of aliphatic hydroxyl groups excluding tert-OH is 1. The highest BCUT2D eigenvalue weighted by Crippen LogP contribution is 2.12. The van der Waals surface area contributed by atoms with Gasteiger partial charge in [-0.15, -0.1) is 0 Å². The molecule has 0 aliphatic rings. The summed E-state index contributed by atoms with van der Waals surface area (Å²) in [5, 5.41) is 13.1. The molecule has 0 aliphatic heterocycles. The first-order chi connectivity index (χ1) is 8.19. The largest absolute Gasteiger partial charge is 0.392 e. The van der Waals surface area contributed by atoms with Crippen LogP contribution in [0.1, 0.15) is 11.1 Å². The Morgan fingerprint density at radius 2 is 2.12 bits per heavy atom. The van der Waals surface area contributed by atoms with E-state index in [0.29, 0.717) is 0 Å². The molecule has 0 fully saturated rings. The van der Waals surface area contributed by atoms with E-state index < -0.39 is 0 Å². The molecule has 0 bridgehead atoms. The van der Waals surface area contributed by atoms with Crippen LogP contribution in [0.2, 0.25) is 0 Å². The zero-order chi connectivity index (χ0) is 12.3. The predicted octanol–water partition coefficient (Wildman–Crippen LogP) is 0.944. The van der Waals surface area contributed by atoms with E-state index in [9.17, 15) is 0 Å². The summed E-state index contributed by atoms with van der Waals surface area (Å²) in [6.45, 7) is 0.791. The maximum Gasteiger partial charge on any atom is 0.128 e. The van der Waals surface area contributed by atoms with E-state index in [4.69, 9.17) is 5.11 Å². The predicted molar refractivity (Wildman–Crippen MR) is 65.5 cm³/mol. The Hall–Kier alpha value is -1.88. The first kappa shape index (κ1) is 11.6. The van der Waals surface area contributed by atoms with Crippen LogP contribution < -0.4 is 4.90 Å². The molecule has 2 aromatic rings. The number of pyridine rings is 1. The zero-order valence-electron chi connectivity index (χ0n) is 10.0. The van der Waals surface area contributed by atoms with Crippen molar-refractivity contribution in [2.45, 2.75) is 13.2 Å². The van der Waals surface area contributed by atoms with E-state index in [2.05, 4.69) is 10.1 Å². The van der Waals surface area contributed by atoms with Crippen molar-refractivity contribution in [1.29, 1.82) is 0 Å². The Labute approximate surface area is 100 Å². The highest BCUT2D eigenvalue weighted by atomic mass is 16.3. The third-order valence-electron chi connectivity index (χ3n) is 2.56. The molecular formula is C12H16N4O. The minimum Gasteiger partial charge on any atom is -0.392 e. The standard InChI is InChI=1S/C12H16N4O/c1-15(7-11-6-14-16(2)8-11)12-4-3-10(9-17)5-13-12/h3-6,8,17H,7,9H2,1-2H3. The van der Waals surface area contributed by atoms with Crippen LogP contribution in [0, 0.1) is 0 Å². The summed E-state index contributed by atoms with van der Waals surface area (Å²) < 4.78 is 1.78. The van der Waals surface area contributed by atoms with Gasteiger partial charge in [0.25, 0.3) is 0 Å². The van der Waals surface area contributed by atoms with Crippen LogP contribution in [0.5, 0.6) is 0 Å². The van der Waals surface area contributed by atoms with Crippen LogP contribution in [0.3, 0.4) is 0 Å². The molecule has 0 aromatic carbocycles. The SMILES string of the molecule is CN(Cc1cnn(C)c1)c1ccc(CO)cn1. The second kappa shape index (κ2) is 4.97. The summed E-state index contributed by atoms with van der Waals surface area (Å²) in [5.41, 5.74) is 1.96. The fourth-order valence-electron chi connectivity index (χ4n) is 1.64. The third-order valence-corrected chi connectivity index (χ3v) is 2.56. The van der Waals surface area contributed by atoms with Gasteiger partial charge in [-0.1, -0.05) is 6.07 Å². The van der Waals surface area contributed by atoms with Crippen molar-refractivity contribution in [2.75, 3.05) is 11.9 Å². The number of hydrogen-bond acceptors (Lipinski definition) is 4. The Bertz CT molecular complexity index is 478. The molecule has 0 amide bonds. The van der Waals surface area contributed by atoms with Crippen LogP contribution in [-0.4, -0.2) is 26.9 Å². The summed E-state index contributed by atoms with van der Waals surface area (Å²) in [6, 6.07) is 3.78. The highest BCUT2D eigenvalue weighted by molar-refractivity contribution is 5.38. The van der Waals surface area contributed by atoms with Gasteiger partial charge in [-0.05, 0) is 11.6 Å². The molecule has 5 heteroatoms. The Morgan fingerprint density at radius 1 is 1.29 bits per heavy atom. The summed E-state index contributed by atoms with van der Waals surface area (Å²) in [5.74, 6) is 0.881. The van der Waals surface area contributed by atoms with Gasteiger partial charge in [-0.3, -0.25) is 4.68 Å². The van der Waals surface area contributed by atoms with Crippen molar-refractivity contribution in [2.24, 2.45) is 7.05 Å². The Morgan fingerprint density at radius 3 is 2.65 bits per heavy atom. The molecule has 17 heavy (non-hydrogen) atoms. The molecular weight excluding hydrogens is 216 g/mol. The van der Waals surface area contributed by atoms with Crippen LogP contribution in [0.25, 0.3) is 0 Å². The van der Waals surface area contributed by atoms with Crippen molar-refractivity contribution in [1.82, 2.24) is 14.8 Å². The van der Waals surface area contributed by atoms with E-state index in [1.165, 1.54) is 0 Å². The molecule has 0 saturated carbocycles. The van der Waals surface area contributed by atoms with E-state index >= 15 is 0 Å². The van der Waals surface area contributed by atoms with Crippen molar-refractivity contribution < 1.29 is 5.11 Å². The maximum atomic E-state index is 8.94. The van der Waals surface area contributed by atoms with Gasteiger partial charge in [-0.25, -0.2) is 4.98 Å². The summed E-state index contributed by atoms with van der Waals surface area (Å²) in [4.78, 5) is 6.33. The molecule has 0 aliphatic carbocycles. The number of aliphatic hydroxyl groups is 1. The van der Waals surface area contributed by atoms with Crippen molar-refractivity contribution in [3.05, 3.63) is 41.9 Å². The Balaban J connectivity index is 2.06. The first-order valence-corrected chi connectivity index (χ1v) is 5.43. The summed E-state index contributed by atoms with van der Waals surface area (Å²) in [6.07, 6.45) is 5.52. The number of aryl methyl sites for hydroxylation is 1. The average Bonchev–Trinajstić information content (AvgIpc) is 2.75. The van der Waals surface area contributed by atoms with Gasteiger partial charge in [0.05, 0.1) is 12.8 Å². The molecule has 2 heterocycles. The molecule has 0 unspecified atom stereocenters. The fourth-order valence-corrected chi connectivity index (χ4v) is 1.64. The lowest BCUT2D eigenvalue weighted by molar-refractivity contribution is 0.281. The average molecular weight is 232 g/mol. The molecule has 0 spiro atoms. The summed E-state index contributed by atoms with van der Waals surface area (Å²) >= 11 is 0. The number of nitrogens with zero attached hydrogens (tertiary/aromatic N) is 4. The van der Waals surface area contributed by atoms with Crippen LogP contribution >= 0.6 is 0 Å². The van der Waals surface area contributed by atoms with Gasteiger partial charge < -0.3 is 10.0 Å². The molecule has 0 radical (unpaired) electrons. The van der Waals surface area contributed by atoms with Crippen LogP contribution in [0.4, 0.5) is 5.82 Å². The minimum atomic E-state index is 0.0274. The van der Waals surface area contributed by atoms with Gasteiger partial charge in [-0.2, -0.15) is 5.10 Å². The summed E-state index contributed by atoms with van der Waals surface area (Å²) in [7, 11) is 3.88. The second-order valence-corrected chi connectivity index (χ2v) is 4.06. The fraction of sp³-hybridized carbons (Fsp3) is 0.333. The molecule has 1 N–H and O–H groups in total. The quantitative estimate of drug-likeness (QED) is 0.852. The number of aromatic nitrogens is 3. The first-order valence-electron chi connectivity index (χ1n) is 5.43. The van der Waals surface area contributed by atoms with E-state index in [1.54, 1.807) is 10.9 Å². The maximum absolute atomic E-state index is 8.94. The molecule has 2 rings (SSSR count). The minimum absolute atomic E-state index is 0.0274. The number of anilines is 1. The topological polar surface area (TPSA) is 54.2 Å². The van der Waals surface area contributed by atoms with Gasteiger partial charge in [0.15, 0.2) is 0 Å². The van der Waals surface area contributed by atoms with Crippen LogP contribution in [0.15, 0.2) is 30.7 Å². The van der Waals surface area contributed by atoms with Gasteiger partial charge in [0, 0.05) is 38.6 Å². The monoisotopic (exact) mass is 232 g/mol. The Kier molecular flexibility index (Phi) is 3.39. The lowest BCUT2D eigenvalue weighted by Crippen LogP contribution is -2.17. The number of rotatable bonds is 4. The van der Waals surface area contributed by atoms with Crippen molar-refractivity contribution in [3.8, 4) is 0 Å². The highest BCUT2D eigenvalue weighted by Gasteiger charge is 2.04. The zero-order valence-corrected chi connectivity index (χ0v) is 10.0. The van der Waals surface area contributed by atoms with Crippen LogP contribution in [-0.2, 0) is 20.2 Å². The van der Waals surface area contributed by atoms with E-state index in [0.717, 1.165) is 23.5 Å². The van der Waals surface area contributed by atoms with Crippen molar-refractivity contribution in [3.63, 3.8) is 0 Å². The molecule has 2 aromatic heterocycles.